The lowest BCUT2D eigenvalue weighted by atomic mass is 9.99. The summed E-state index contributed by atoms with van der Waals surface area (Å²) in [6.45, 7) is 5.16. The molecule has 0 saturated heterocycles. The lowest BCUT2D eigenvalue weighted by molar-refractivity contribution is -0.270. The van der Waals surface area contributed by atoms with Crippen LogP contribution >= 0.6 is 22.6 Å². The van der Waals surface area contributed by atoms with E-state index in [2.05, 4.69) is 0 Å². The molecule has 0 saturated carbocycles. The molecular weight excluding hydrogens is 395 g/mol. The van der Waals surface area contributed by atoms with Crippen molar-refractivity contribution in [1.29, 1.82) is 0 Å². The fraction of sp³-hybridized carbons (Fsp3) is 0.923. The number of aliphatic hydroxyl groups is 3. The van der Waals surface area contributed by atoms with Crippen molar-refractivity contribution < 1.29 is 34.3 Å². The molecule has 0 aliphatic heterocycles. The Labute approximate surface area is 138 Å². The molecule has 0 aromatic carbocycles. The molecule has 8 heteroatoms. The first-order valence-electron chi connectivity index (χ1n) is 6.78. The summed E-state index contributed by atoms with van der Waals surface area (Å²) in [6, 6.07) is 0. The lowest BCUT2D eigenvalue weighted by Gasteiger charge is -2.35. The van der Waals surface area contributed by atoms with Crippen LogP contribution in [0.3, 0.4) is 0 Å². The molecule has 0 fully saturated rings. The van der Waals surface area contributed by atoms with Crippen molar-refractivity contribution in [2.75, 3.05) is 20.3 Å². The molecule has 0 spiro atoms. The Morgan fingerprint density at radius 1 is 1.33 bits per heavy atom. The van der Waals surface area contributed by atoms with Gasteiger partial charge in [-0.15, -0.1) is 0 Å². The molecule has 3 N–H and O–H groups in total. The van der Waals surface area contributed by atoms with Crippen LogP contribution in [-0.2, 0) is 19.0 Å². The smallest absolute Gasteiger partial charge is 0.321 e. The Morgan fingerprint density at radius 3 is 2.33 bits per heavy atom. The van der Waals surface area contributed by atoms with Crippen molar-refractivity contribution in [3.63, 3.8) is 0 Å². The van der Waals surface area contributed by atoms with Crippen LogP contribution in [0.5, 0.6) is 0 Å². The minimum atomic E-state index is -1.95. The van der Waals surface area contributed by atoms with Crippen LogP contribution in [0.15, 0.2) is 0 Å². The highest BCUT2D eigenvalue weighted by atomic mass is 127. The second-order valence-electron chi connectivity index (χ2n) is 4.69. The molecular formula is C13H25IO7. The van der Waals surface area contributed by atoms with Crippen molar-refractivity contribution in [2.45, 2.75) is 55.2 Å². The van der Waals surface area contributed by atoms with Crippen molar-refractivity contribution in [3.05, 3.63) is 0 Å². The number of carbonyl (C=O) groups excluding carboxylic acids is 1. The highest BCUT2D eigenvalue weighted by Crippen LogP contribution is 2.23. The van der Waals surface area contributed by atoms with E-state index in [0.717, 1.165) is 0 Å². The number of aliphatic hydroxyl groups excluding tert-OH is 2. The molecule has 0 heterocycles. The first kappa shape index (κ1) is 21.0. The van der Waals surface area contributed by atoms with Crippen LogP contribution in [-0.4, -0.2) is 69.6 Å². The highest BCUT2D eigenvalue weighted by molar-refractivity contribution is 14.1. The number of carbonyl (C=O) groups is 1. The van der Waals surface area contributed by atoms with E-state index in [1.807, 2.05) is 6.92 Å². The van der Waals surface area contributed by atoms with Crippen molar-refractivity contribution in [3.8, 4) is 0 Å². The standard InChI is InChI=1S/C13H25IO7/c1-5-7-20-12(17)8(14)10(19-4)9(15)11(16)13(3,18)21-6-2/h8-11,15-16,18H,5-7H2,1-4H3. The number of ether oxygens (including phenoxy) is 3. The molecule has 0 amide bonds. The Balaban J connectivity index is 4.88. The first-order chi connectivity index (χ1) is 9.72. The minimum Gasteiger partial charge on any atom is -0.465 e. The van der Waals surface area contributed by atoms with E-state index in [9.17, 15) is 20.1 Å². The third kappa shape index (κ3) is 6.33. The number of halogens is 1. The average Bonchev–Trinajstić information content (AvgIpc) is 2.44. The first-order valence-corrected chi connectivity index (χ1v) is 8.03. The van der Waals surface area contributed by atoms with E-state index in [4.69, 9.17) is 14.2 Å². The van der Waals surface area contributed by atoms with Gasteiger partial charge in [0.25, 0.3) is 0 Å². The number of hydrogen-bond donors (Lipinski definition) is 3. The predicted molar refractivity (Wildman–Crippen MR) is 84.1 cm³/mol. The number of esters is 1. The van der Waals surface area contributed by atoms with E-state index in [1.54, 1.807) is 29.5 Å². The Hall–Kier alpha value is -0.0000000000000000694. The van der Waals surface area contributed by atoms with E-state index in [1.165, 1.54) is 14.0 Å². The number of hydrogen-bond acceptors (Lipinski definition) is 7. The molecule has 7 nitrogen and oxygen atoms in total. The summed E-state index contributed by atoms with van der Waals surface area (Å²) in [4.78, 5) is 11.8. The van der Waals surface area contributed by atoms with Crippen LogP contribution in [0.25, 0.3) is 0 Å². The van der Waals surface area contributed by atoms with Gasteiger partial charge in [-0.3, -0.25) is 4.79 Å². The van der Waals surface area contributed by atoms with Gasteiger partial charge in [-0.2, -0.15) is 0 Å². The summed E-state index contributed by atoms with van der Waals surface area (Å²) in [5.41, 5.74) is 0. The Kier molecular flexibility index (Phi) is 9.90. The van der Waals surface area contributed by atoms with E-state index in [-0.39, 0.29) is 13.2 Å². The van der Waals surface area contributed by atoms with Crippen LogP contribution in [0.1, 0.15) is 27.2 Å². The molecule has 126 valence electrons. The molecule has 0 bridgehead atoms. The third-order valence-electron chi connectivity index (χ3n) is 2.88. The van der Waals surface area contributed by atoms with Crippen molar-refractivity contribution >= 4 is 28.6 Å². The summed E-state index contributed by atoms with van der Waals surface area (Å²) in [5, 5.41) is 30.1. The summed E-state index contributed by atoms with van der Waals surface area (Å²) >= 11 is 1.77. The maximum Gasteiger partial charge on any atom is 0.321 e. The zero-order chi connectivity index (χ0) is 16.6. The van der Waals surface area contributed by atoms with Crippen LogP contribution in [0, 0.1) is 0 Å². The lowest BCUT2D eigenvalue weighted by Crippen LogP contribution is -2.56. The molecule has 0 radical (unpaired) electrons. The van der Waals surface area contributed by atoms with Gasteiger partial charge in [-0.25, -0.2) is 0 Å². The van der Waals surface area contributed by atoms with Crippen LogP contribution in [0.4, 0.5) is 0 Å². The summed E-state index contributed by atoms with van der Waals surface area (Å²) < 4.78 is 14.2. The largest absolute Gasteiger partial charge is 0.465 e. The summed E-state index contributed by atoms with van der Waals surface area (Å²) in [6.07, 6.45) is -3.53. The number of rotatable bonds is 10. The predicted octanol–water partition coefficient (Wildman–Crippen LogP) is 0.225. The molecule has 0 aromatic heterocycles. The molecule has 0 rings (SSSR count). The van der Waals surface area contributed by atoms with Crippen molar-refractivity contribution in [2.24, 2.45) is 0 Å². The van der Waals surface area contributed by atoms with Gasteiger partial charge in [0, 0.05) is 13.7 Å². The summed E-state index contributed by atoms with van der Waals surface area (Å²) in [5.74, 6) is -2.50. The quantitative estimate of drug-likeness (QED) is 0.201. The van der Waals surface area contributed by atoms with Gasteiger partial charge in [0.2, 0.25) is 0 Å². The molecule has 0 aliphatic carbocycles. The van der Waals surface area contributed by atoms with Gasteiger partial charge in [-0.05, 0) is 20.3 Å². The van der Waals surface area contributed by atoms with Gasteiger partial charge in [0.05, 0.1) is 6.61 Å². The van der Waals surface area contributed by atoms with E-state index in [0.29, 0.717) is 6.42 Å². The zero-order valence-corrected chi connectivity index (χ0v) is 14.9. The normalized spacial score (nSPS) is 20.2. The Morgan fingerprint density at radius 2 is 1.90 bits per heavy atom. The van der Waals surface area contributed by atoms with Gasteiger partial charge >= 0.3 is 5.97 Å². The maximum atomic E-state index is 11.8. The molecule has 0 aromatic rings. The summed E-state index contributed by atoms with van der Waals surface area (Å²) in [7, 11) is 1.30. The van der Waals surface area contributed by atoms with Gasteiger partial charge in [-0.1, -0.05) is 29.5 Å². The third-order valence-corrected chi connectivity index (χ3v) is 4.10. The second-order valence-corrected chi connectivity index (χ2v) is 6.03. The van der Waals surface area contributed by atoms with Crippen LogP contribution in [0.2, 0.25) is 0 Å². The van der Waals surface area contributed by atoms with E-state index < -0.39 is 34.0 Å². The molecule has 0 aliphatic rings. The highest BCUT2D eigenvalue weighted by Gasteiger charge is 2.44. The zero-order valence-electron chi connectivity index (χ0n) is 12.8. The van der Waals surface area contributed by atoms with E-state index >= 15 is 0 Å². The number of alkyl halides is 1. The second kappa shape index (κ2) is 9.90. The fourth-order valence-corrected chi connectivity index (χ4v) is 2.62. The topological polar surface area (TPSA) is 105 Å². The molecule has 21 heavy (non-hydrogen) atoms. The van der Waals surface area contributed by atoms with Crippen LogP contribution < -0.4 is 0 Å². The SMILES string of the molecule is CCCOC(=O)C(I)C(OC)C(O)C(O)C(C)(O)OCC. The van der Waals surface area contributed by atoms with Gasteiger partial charge < -0.3 is 29.5 Å². The van der Waals surface area contributed by atoms with Crippen molar-refractivity contribution in [1.82, 2.24) is 0 Å². The molecule has 5 unspecified atom stereocenters. The number of methoxy groups -OCH3 is 1. The van der Waals surface area contributed by atoms with Gasteiger partial charge in [0.1, 0.15) is 22.2 Å². The average molecular weight is 420 g/mol. The molecule has 5 atom stereocenters. The minimum absolute atomic E-state index is 0.153. The maximum absolute atomic E-state index is 11.8. The Bertz CT molecular complexity index is 311. The van der Waals surface area contributed by atoms with Gasteiger partial charge in [0.15, 0.2) is 5.79 Å². The monoisotopic (exact) mass is 420 g/mol. The fourth-order valence-electron chi connectivity index (χ4n) is 1.72.